The third-order valence-electron chi connectivity index (χ3n) is 5.69. The molecule has 0 aromatic heterocycles. The maximum atomic E-state index is 12.9. The number of amides is 1. The highest BCUT2D eigenvalue weighted by Gasteiger charge is 2.35. The topological polar surface area (TPSA) is 44.8 Å². The van der Waals surface area contributed by atoms with Crippen LogP contribution in [0.2, 0.25) is 0 Å². The van der Waals surface area contributed by atoms with Gasteiger partial charge in [0.1, 0.15) is 6.04 Å². The molecule has 1 aromatic carbocycles. The molecule has 7 heteroatoms. The van der Waals surface area contributed by atoms with Crippen molar-refractivity contribution in [1.29, 1.82) is 0 Å². The smallest absolute Gasteiger partial charge is 0.242 e. The number of nitrogens with one attached hydrogen (secondary N) is 1. The highest BCUT2D eigenvalue weighted by molar-refractivity contribution is 5.85. The van der Waals surface area contributed by atoms with E-state index >= 15 is 0 Å². The first kappa shape index (κ1) is 24.2. The molecule has 0 radical (unpaired) electrons. The number of rotatable bonds is 4. The molecule has 3 rings (SSSR count). The lowest BCUT2D eigenvalue weighted by atomic mass is 9.95. The Morgan fingerprint density at radius 2 is 1.96 bits per heavy atom. The van der Waals surface area contributed by atoms with E-state index in [4.69, 9.17) is 4.74 Å². The van der Waals surface area contributed by atoms with Crippen LogP contribution in [-0.2, 0) is 16.1 Å². The summed E-state index contributed by atoms with van der Waals surface area (Å²) in [4.78, 5) is 17.3. The second-order valence-corrected chi connectivity index (χ2v) is 7.44. The average Bonchev–Trinajstić information content (AvgIpc) is 2.63. The number of carbonyl (C=O) groups is 1. The van der Waals surface area contributed by atoms with Gasteiger partial charge in [-0.05, 0) is 32.3 Å². The molecule has 2 aliphatic heterocycles. The number of likely N-dealkylation sites (tertiary alicyclic amines) is 1. The zero-order valence-electron chi connectivity index (χ0n) is 16.5. The van der Waals surface area contributed by atoms with E-state index in [0.29, 0.717) is 18.7 Å². The van der Waals surface area contributed by atoms with Crippen LogP contribution in [0.4, 0.5) is 0 Å². The van der Waals surface area contributed by atoms with Gasteiger partial charge in [0.05, 0.1) is 12.7 Å². The van der Waals surface area contributed by atoms with Crippen LogP contribution in [0.3, 0.4) is 0 Å². The van der Waals surface area contributed by atoms with Crippen molar-refractivity contribution < 1.29 is 9.53 Å². The minimum atomic E-state index is -0.212. The quantitative estimate of drug-likeness (QED) is 0.817. The molecule has 5 nitrogen and oxygen atoms in total. The van der Waals surface area contributed by atoms with Crippen LogP contribution in [-0.4, -0.2) is 66.7 Å². The molecule has 2 saturated heterocycles. The molecule has 2 unspecified atom stereocenters. The summed E-state index contributed by atoms with van der Waals surface area (Å²) in [6, 6.07) is 11.2. The molecule has 154 valence electrons. The number of benzene rings is 1. The van der Waals surface area contributed by atoms with Crippen molar-refractivity contribution in [1.82, 2.24) is 15.1 Å². The zero-order valence-corrected chi connectivity index (χ0v) is 18.1. The first-order chi connectivity index (χ1) is 12.1. The third kappa shape index (κ3) is 6.06. The lowest BCUT2D eigenvalue weighted by Gasteiger charge is -2.42. The van der Waals surface area contributed by atoms with Gasteiger partial charge in [-0.25, -0.2) is 0 Å². The van der Waals surface area contributed by atoms with Gasteiger partial charge >= 0.3 is 0 Å². The minimum Gasteiger partial charge on any atom is -0.375 e. The summed E-state index contributed by atoms with van der Waals surface area (Å²) in [7, 11) is 1.95. The Kier molecular flexibility index (Phi) is 10.1. The van der Waals surface area contributed by atoms with Gasteiger partial charge in [-0.2, -0.15) is 0 Å². The predicted molar refractivity (Wildman–Crippen MR) is 114 cm³/mol. The average molecular weight is 418 g/mol. The lowest BCUT2D eigenvalue weighted by molar-refractivity contribution is -0.141. The van der Waals surface area contributed by atoms with Crippen molar-refractivity contribution >= 4 is 30.7 Å². The van der Waals surface area contributed by atoms with Gasteiger partial charge in [0, 0.05) is 38.8 Å². The van der Waals surface area contributed by atoms with E-state index in [1.54, 1.807) is 0 Å². The predicted octanol–water partition coefficient (Wildman–Crippen LogP) is 2.72. The highest BCUT2D eigenvalue weighted by atomic mass is 35.5. The molecule has 0 saturated carbocycles. The van der Waals surface area contributed by atoms with Gasteiger partial charge < -0.3 is 15.0 Å². The molecule has 27 heavy (non-hydrogen) atoms. The number of hydrogen-bond acceptors (Lipinski definition) is 4. The van der Waals surface area contributed by atoms with E-state index in [-0.39, 0.29) is 42.9 Å². The van der Waals surface area contributed by atoms with E-state index in [2.05, 4.69) is 47.5 Å². The van der Waals surface area contributed by atoms with E-state index in [1.807, 2.05) is 18.9 Å². The number of nitrogens with zero attached hydrogens (tertiary/aromatic N) is 2. The maximum absolute atomic E-state index is 12.9. The molecule has 0 spiro atoms. The largest absolute Gasteiger partial charge is 0.375 e. The Hall–Kier alpha value is -0.850. The van der Waals surface area contributed by atoms with Crippen LogP contribution in [0.15, 0.2) is 30.3 Å². The Morgan fingerprint density at radius 3 is 2.59 bits per heavy atom. The minimum absolute atomic E-state index is 0. The van der Waals surface area contributed by atoms with Crippen LogP contribution in [0.25, 0.3) is 0 Å². The van der Waals surface area contributed by atoms with Crippen molar-refractivity contribution in [3.05, 3.63) is 35.9 Å². The van der Waals surface area contributed by atoms with Gasteiger partial charge in [0.2, 0.25) is 5.91 Å². The Labute approximate surface area is 175 Å². The summed E-state index contributed by atoms with van der Waals surface area (Å²) in [5.41, 5.74) is 1.36. The van der Waals surface area contributed by atoms with Crippen LogP contribution in [0.5, 0.6) is 0 Å². The molecule has 2 fully saturated rings. The molecular weight excluding hydrogens is 385 g/mol. The van der Waals surface area contributed by atoms with E-state index in [0.717, 1.165) is 32.5 Å². The molecule has 0 aliphatic carbocycles. The number of halogens is 2. The summed E-state index contributed by atoms with van der Waals surface area (Å²) in [5, 5.41) is 3.31. The number of carbonyl (C=O) groups excluding carboxylic acids is 1. The fourth-order valence-corrected chi connectivity index (χ4v) is 4.01. The zero-order chi connectivity index (χ0) is 17.8. The molecule has 2 aliphatic rings. The summed E-state index contributed by atoms with van der Waals surface area (Å²) < 4.78 is 5.64. The van der Waals surface area contributed by atoms with Gasteiger partial charge in [0.25, 0.3) is 0 Å². The number of hydrogen-bond donors (Lipinski definition) is 1. The van der Waals surface area contributed by atoms with Crippen LogP contribution < -0.4 is 5.32 Å². The van der Waals surface area contributed by atoms with Crippen molar-refractivity contribution in [3.63, 3.8) is 0 Å². The molecule has 0 bridgehead atoms. The SMILES string of the molecule is CC1CC(N(C)C(=O)[C@H]2NCCO[C@@H]2C)CCN1Cc1ccccc1.Cl.Cl. The van der Waals surface area contributed by atoms with Gasteiger partial charge in [-0.15, -0.1) is 24.8 Å². The van der Waals surface area contributed by atoms with E-state index in [9.17, 15) is 4.79 Å². The first-order valence-electron chi connectivity index (χ1n) is 9.46. The first-order valence-corrected chi connectivity index (χ1v) is 9.46. The number of likely N-dealkylation sites (N-methyl/N-ethyl adjacent to an activating group) is 1. The number of ether oxygens (including phenoxy) is 1. The second-order valence-electron chi connectivity index (χ2n) is 7.44. The van der Waals surface area contributed by atoms with Crippen molar-refractivity contribution in [2.24, 2.45) is 0 Å². The molecule has 4 atom stereocenters. The maximum Gasteiger partial charge on any atom is 0.242 e. The monoisotopic (exact) mass is 417 g/mol. The van der Waals surface area contributed by atoms with E-state index in [1.165, 1.54) is 5.56 Å². The fourth-order valence-electron chi connectivity index (χ4n) is 4.01. The van der Waals surface area contributed by atoms with Crippen LogP contribution in [0, 0.1) is 0 Å². The Balaban J connectivity index is 0.00000182. The third-order valence-corrected chi connectivity index (χ3v) is 5.69. The molecule has 2 heterocycles. The van der Waals surface area contributed by atoms with Crippen molar-refractivity contribution in [3.8, 4) is 0 Å². The fraction of sp³-hybridized carbons (Fsp3) is 0.650. The van der Waals surface area contributed by atoms with Gasteiger partial charge in [0.15, 0.2) is 0 Å². The highest BCUT2D eigenvalue weighted by Crippen LogP contribution is 2.24. The van der Waals surface area contributed by atoms with E-state index < -0.39 is 0 Å². The summed E-state index contributed by atoms with van der Waals surface area (Å²) >= 11 is 0. The number of morpholine rings is 1. The normalized spacial score (nSPS) is 28.6. The van der Waals surface area contributed by atoms with Gasteiger partial charge in [-0.3, -0.25) is 9.69 Å². The van der Waals surface area contributed by atoms with Crippen molar-refractivity contribution in [2.45, 2.75) is 57.5 Å². The van der Waals surface area contributed by atoms with Crippen LogP contribution in [0.1, 0.15) is 32.3 Å². The Bertz CT molecular complexity index is 576. The van der Waals surface area contributed by atoms with Crippen molar-refractivity contribution in [2.75, 3.05) is 26.7 Å². The molecule has 1 aromatic rings. The standard InChI is InChI=1S/C20H31N3O2.2ClH/c1-15-13-18(9-11-23(15)14-17-7-5-4-6-8-17)22(3)20(24)19-16(2)25-12-10-21-19;;/h4-8,15-16,18-19,21H,9-14H2,1-3H3;2*1H/t15?,16-,18?,19+;;/m1../s1. The molecular formula is C20H33Cl2N3O2. The second kappa shape index (κ2) is 11.2. The van der Waals surface area contributed by atoms with Gasteiger partial charge in [-0.1, -0.05) is 30.3 Å². The summed E-state index contributed by atoms with van der Waals surface area (Å²) in [6.07, 6.45) is 2.00. The molecule has 1 amide bonds. The molecule has 1 N–H and O–H groups in total. The summed E-state index contributed by atoms with van der Waals surface area (Å²) in [6.45, 7) is 7.71. The number of piperidine rings is 1. The van der Waals surface area contributed by atoms with Crippen LogP contribution >= 0.6 is 24.8 Å². The summed E-state index contributed by atoms with van der Waals surface area (Å²) in [5.74, 6) is 0.168. The lowest BCUT2D eigenvalue weighted by Crippen LogP contribution is -2.58. The Morgan fingerprint density at radius 1 is 1.26 bits per heavy atom.